The molecular formula is C26H28FN5O2S. The fourth-order valence-electron chi connectivity index (χ4n) is 3.78. The van der Waals surface area contributed by atoms with Gasteiger partial charge in [0.15, 0.2) is 0 Å². The molecule has 1 atom stereocenters. The van der Waals surface area contributed by atoms with Crippen LogP contribution in [0.4, 0.5) is 4.39 Å². The highest BCUT2D eigenvalue weighted by molar-refractivity contribution is 7.09. The Balaban J connectivity index is 1.76. The molecule has 35 heavy (non-hydrogen) atoms. The van der Waals surface area contributed by atoms with E-state index in [9.17, 15) is 9.59 Å². The number of carbonyl (C=O) groups is 2. The molecule has 2 heterocycles. The van der Waals surface area contributed by atoms with Crippen LogP contribution in [0.1, 0.15) is 43.7 Å². The van der Waals surface area contributed by atoms with E-state index in [0.29, 0.717) is 17.5 Å². The van der Waals surface area contributed by atoms with Gasteiger partial charge in [-0.15, -0.1) is 16.4 Å². The van der Waals surface area contributed by atoms with Gasteiger partial charge in [0, 0.05) is 16.0 Å². The van der Waals surface area contributed by atoms with Gasteiger partial charge in [-0.25, -0.2) is 9.07 Å². The maximum Gasteiger partial charge on any atom is 0.247 e. The molecule has 0 spiro atoms. The molecular weight excluding hydrogens is 465 g/mol. The highest BCUT2D eigenvalue weighted by atomic mass is 32.1. The minimum atomic E-state index is -1.16. The van der Waals surface area contributed by atoms with E-state index < -0.39 is 23.3 Å². The molecule has 0 aliphatic carbocycles. The Labute approximate surface area is 207 Å². The van der Waals surface area contributed by atoms with E-state index in [1.165, 1.54) is 27.0 Å². The van der Waals surface area contributed by atoms with E-state index >= 15 is 4.39 Å². The fourth-order valence-corrected chi connectivity index (χ4v) is 4.49. The number of amides is 2. The van der Waals surface area contributed by atoms with Gasteiger partial charge in [0.1, 0.15) is 23.9 Å². The predicted molar refractivity (Wildman–Crippen MR) is 134 cm³/mol. The van der Waals surface area contributed by atoms with E-state index in [1.807, 2.05) is 62.5 Å². The summed E-state index contributed by atoms with van der Waals surface area (Å²) >= 11 is 1.47. The van der Waals surface area contributed by atoms with E-state index in [0.717, 1.165) is 4.88 Å². The zero-order valence-corrected chi connectivity index (χ0v) is 20.8. The van der Waals surface area contributed by atoms with Crippen molar-refractivity contribution in [3.8, 4) is 0 Å². The summed E-state index contributed by atoms with van der Waals surface area (Å²) < 4.78 is 16.6. The summed E-state index contributed by atoms with van der Waals surface area (Å²) in [5.74, 6) is -1.35. The molecule has 0 saturated carbocycles. The molecule has 2 aromatic carbocycles. The van der Waals surface area contributed by atoms with Crippen molar-refractivity contribution in [2.45, 2.75) is 51.9 Å². The van der Waals surface area contributed by atoms with Crippen molar-refractivity contribution >= 4 is 34.2 Å². The van der Waals surface area contributed by atoms with Crippen LogP contribution in [0.15, 0.2) is 66.0 Å². The molecule has 0 aliphatic heterocycles. The van der Waals surface area contributed by atoms with E-state index in [4.69, 9.17) is 0 Å². The van der Waals surface area contributed by atoms with E-state index in [-0.39, 0.29) is 24.6 Å². The van der Waals surface area contributed by atoms with Crippen molar-refractivity contribution in [1.82, 2.24) is 25.2 Å². The molecule has 2 aromatic heterocycles. The van der Waals surface area contributed by atoms with Crippen LogP contribution in [0.3, 0.4) is 0 Å². The third-order valence-corrected chi connectivity index (χ3v) is 6.90. The first-order valence-corrected chi connectivity index (χ1v) is 12.3. The predicted octanol–water partition coefficient (Wildman–Crippen LogP) is 4.71. The lowest BCUT2D eigenvalue weighted by Crippen LogP contribution is -2.50. The number of rotatable bonds is 9. The summed E-state index contributed by atoms with van der Waals surface area (Å²) in [6, 6.07) is 16.0. The molecule has 182 valence electrons. The van der Waals surface area contributed by atoms with Crippen LogP contribution in [0, 0.1) is 5.82 Å². The van der Waals surface area contributed by atoms with Crippen LogP contribution in [0.5, 0.6) is 0 Å². The average molecular weight is 494 g/mol. The molecule has 0 radical (unpaired) electrons. The lowest BCUT2D eigenvalue weighted by molar-refractivity contribution is -0.143. The minimum Gasteiger partial charge on any atom is -0.349 e. The first-order valence-electron chi connectivity index (χ1n) is 11.5. The summed E-state index contributed by atoms with van der Waals surface area (Å²) in [6.07, 6.45) is 0.673. The standard InChI is InChI=1S/C26H28FN5O2S/c1-4-26(2,3)28-25(34)24(19-11-5-6-12-20(19)27)31(16-18-10-9-15-35-18)23(33)17-32-22-14-8-7-13-21(22)29-30-32/h5-15,24H,4,16-17H2,1-3H3,(H,28,34)/t24-/m0/s1. The Kier molecular flexibility index (Phi) is 7.25. The maximum absolute atomic E-state index is 15.1. The van der Waals surface area contributed by atoms with Gasteiger partial charge in [-0.1, -0.05) is 48.5 Å². The van der Waals surface area contributed by atoms with Gasteiger partial charge >= 0.3 is 0 Å². The second-order valence-electron chi connectivity index (χ2n) is 8.99. The number of nitrogens with one attached hydrogen (secondary N) is 1. The third-order valence-electron chi connectivity index (χ3n) is 6.04. The summed E-state index contributed by atoms with van der Waals surface area (Å²) in [4.78, 5) is 29.8. The number of carbonyl (C=O) groups excluding carboxylic acids is 2. The normalized spacial score (nSPS) is 12.5. The molecule has 1 N–H and O–H groups in total. The van der Waals surface area contributed by atoms with Gasteiger partial charge in [-0.05, 0) is 49.9 Å². The summed E-state index contributed by atoms with van der Waals surface area (Å²) in [7, 11) is 0. The van der Waals surface area contributed by atoms with Gasteiger partial charge in [0.05, 0.1) is 12.1 Å². The smallest absolute Gasteiger partial charge is 0.247 e. The van der Waals surface area contributed by atoms with Gasteiger partial charge in [0.25, 0.3) is 0 Å². The maximum atomic E-state index is 15.1. The summed E-state index contributed by atoms with van der Waals surface area (Å²) in [6.45, 7) is 5.78. The van der Waals surface area contributed by atoms with E-state index in [2.05, 4.69) is 15.6 Å². The van der Waals surface area contributed by atoms with Crippen LogP contribution in [-0.4, -0.2) is 37.2 Å². The zero-order valence-electron chi connectivity index (χ0n) is 19.9. The SMILES string of the molecule is CCC(C)(C)NC(=O)[C@H](c1ccccc1F)N(Cc1cccs1)C(=O)Cn1nnc2ccccc21. The molecule has 4 rings (SSSR count). The summed E-state index contributed by atoms with van der Waals surface area (Å²) in [5, 5.41) is 13.2. The number of fused-ring (bicyclic) bond motifs is 1. The molecule has 0 fully saturated rings. The second-order valence-corrected chi connectivity index (χ2v) is 10.0. The number of benzene rings is 2. The molecule has 0 saturated heterocycles. The lowest BCUT2D eigenvalue weighted by Gasteiger charge is -2.34. The fraction of sp³-hybridized carbons (Fsp3) is 0.308. The Morgan fingerprint density at radius 2 is 1.86 bits per heavy atom. The first kappa shape index (κ1) is 24.5. The topological polar surface area (TPSA) is 80.1 Å². The largest absolute Gasteiger partial charge is 0.349 e. The Bertz CT molecular complexity index is 1320. The molecule has 4 aromatic rings. The van der Waals surface area contributed by atoms with E-state index in [1.54, 1.807) is 18.2 Å². The van der Waals surface area contributed by atoms with Gasteiger partial charge < -0.3 is 10.2 Å². The van der Waals surface area contributed by atoms with Crippen LogP contribution >= 0.6 is 11.3 Å². The van der Waals surface area contributed by atoms with Gasteiger partial charge in [-0.2, -0.15) is 0 Å². The van der Waals surface area contributed by atoms with Gasteiger partial charge in [-0.3, -0.25) is 9.59 Å². The van der Waals surface area contributed by atoms with Crippen molar-refractivity contribution in [2.24, 2.45) is 0 Å². The Hall–Kier alpha value is -3.59. The van der Waals surface area contributed by atoms with Crippen molar-refractivity contribution < 1.29 is 14.0 Å². The minimum absolute atomic E-state index is 0.138. The van der Waals surface area contributed by atoms with Crippen LogP contribution in [0.2, 0.25) is 0 Å². The van der Waals surface area contributed by atoms with Crippen LogP contribution < -0.4 is 5.32 Å². The highest BCUT2D eigenvalue weighted by Crippen LogP contribution is 2.28. The number of aromatic nitrogens is 3. The number of nitrogens with zero attached hydrogens (tertiary/aromatic N) is 4. The number of para-hydroxylation sites is 1. The number of thiophene rings is 1. The first-order chi connectivity index (χ1) is 16.8. The van der Waals surface area contributed by atoms with Crippen LogP contribution in [0.25, 0.3) is 11.0 Å². The Morgan fingerprint density at radius 1 is 1.11 bits per heavy atom. The molecule has 9 heteroatoms. The van der Waals surface area contributed by atoms with Gasteiger partial charge in [0.2, 0.25) is 11.8 Å². The molecule has 7 nitrogen and oxygen atoms in total. The number of hydrogen-bond donors (Lipinski definition) is 1. The second kappa shape index (κ2) is 10.4. The molecule has 0 unspecified atom stereocenters. The zero-order chi connectivity index (χ0) is 25.0. The van der Waals surface area contributed by atoms with Crippen molar-refractivity contribution in [2.75, 3.05) is 0 Å². The number of halogens is 1. The third kappa shape index (κ3) is 5.57. The number of hydrogen-bond acceptors (Lipinski definition) is 5. The Morgan fingerprint density at radius 3 is 2.57 bits per heavy atom. The van der Waals surface area contributed by atoms with Crippen LogP contribution in [-0.2, 0) is 22.7 Å². The molecule has 0 aliphatic rings. The molecule has 2 amide bonds. The highest BCUT2D eigenvalue weighted by Gasteiger charge is 2.36. The monoisotopic (exact) mass is 493 g/mol. The quantitative estimate of drug-likeness (QED) is 0.366. The summed E-state index contributed by atoms with van der Waals surface area (Å²) in [5.41, 5.74) is 0.986. The molecule has 0 bridgehead atoms. The van der Waals surface area contributed by atoms with Crippen molar-refractivity contribution in [1.29, 1.82) is 0 Å². The van der Waals surface area contributed by atoms with Crippen molar-refractivity contribution in [3.05, 3.63) is 82.3 Å². The lowest BCUT2D eigenvalue weighted by atomic mass is 9.98. The van der Waals surface area contributed by atoms with Crippen molar-refractivity contribution in [3.63, 3.8) is 0 Å². The average Bonchev–Trinajstić information content (AvgIpc) is 3.50.